The van der Waals surface area contributed by atoms with E-state index in [0.717, 1.165) is 4.47 Å². The first kappa shape index (κ1) is 22.1. The molecule has 0 fully saturated rings. The van der Waals surface area contributed by atoms with Crippen molar-refractivity contribution in [3.05, 3.63) is 58.6 Å². The van der Waals surface area contributed by atoms with Crippen molar-refractivity contribution in [2.75, 3.05) is 5.32 Å². The van der Waals surface area contributed by atoms with Crippen LogP contribution in [0.15, 0.2) is 57.9 Å². The molecule has 0 spiro atoms. The van der Waals surface area contributed by atoms with Gasteiger partial charge in [-0.3, -0.25) is 4.79 Å². The van der Waals surface area contributed by atoms with Gasteiger partial charge in [0.25, 0.3) is 0 Å². The molecule has 7 nitrogen and oxygen atoms in total. The number of benzene rings is 2. The molecule has 0 saturated carbocycles. The van der Waals surface area contributed by atoms with E-state index in [1.165, 1.54) is 30.3 Å². The van der Waals surface area contributed by atoms with Gasteiger partial charge in [0.2, 0.25) is 15.9 Å². The van der Waals surface area contributed by atoms with Crippen LogP contribution in [-0.4, -0.2) is 31.4 Å². The van der Waals surface area contributed by atoms with E-state index in [-0.39, 0.29) is 16.9 Å². The monoisotopic (exact) mass is 468 g/mol. The number of carbonyl (C=O) groups is 2. The molecule has 9 heteroatoms. The number of carboxylic acid groups (broad SMARTS) is 1. The van der Waals surface area contributed by atoms with Gasteiger partial charge in [-0.25, -0.2) is 17.9 Å². The first-order valence-corrected chi connectivity index (χ1v) is 10.9. The minimum Gasteiger partial charge on any atom is -0.478 e. The van der Waals surface area contributed by atoms with E-state index in [1.54, 1.807) is 18.2 Å². The van der Waals surface area contributed by atoms with Gasteiger partial charge in [0.15, 0.2) is 0 Å². The first-order chi connectivity index (χ1) is 13.2. The number of anilines is 1. The van der Waals surface area contributed by atoms with E-state index < -0.39 is 27.9 Å². The van der Waals surface area contributed by atoms with Crippen LogP contribution in [0.4, 0.5) is 5.69 Å². The Kier molecular flexibility index (Phi) is 7.73. The van der Waals surface area contributed by atoms with Crippen molar-refractivity contribution in [2.45, 2.75) is 37.1 Å². The maximum atomic E-state index is 12.6. The second-order valence-corrected chi connectivity index (χ2v) is 8.83. The van der Waals surface area contributed by atoms with Crippen LogP contribution >= 0.6 is 15.9 Å². The van der Waals surface area contributed by atoms with Crippen LogP contribution in [0.25, 0.3) is 0 Å². The second kappa shape index (κ2) is 9.81. The highest BCUT2D eigenvalue weighted by atomic mass is 79.9. The summed E-state index contributed by atoms with van der Waals surface area (Å²) in [6.07, 6.45) is 1.11. The molecule has 1 amide bonds. The van der Waals surface area contributed by atoms with E-state index in [4.69, 9.17) is 5.11 Å². The Labute approximate surface area is 172 Å². The predicted molar refractivity (Wildman–Crippen MR) is 110 cm³/mol. The third-order valence-electron chi connectivity index (χ3n) is 3.91. The van der Waals surface area contributed by atoms with Crippen LogP contribution in [0.3, 0.4) is 0 Å². The summed E-state index contributed by atoms with van der Waals surface area (Å²) in [7, 11) is -3.76. The van der Waals surface area contributed by atoms with E-state index in [0.29, 0.717) is 18.5 Å². The second-order valence-electron chi connectivity index (χ2n) is 6.20. The zero-order valence-corrected chi connectivity index (χ0v) is 17.6. The van der Waals surface area contributed by atoms with Gasteiger partial charge in [-0.05, 0) is 48.9 Å². The molecule has 0 bridgehead atoms. The Morgan fingerprint density at radius 2 is 1.82 bits per heavy atom. The Bertz CT molecular complexity index is 945. The molecule has 1 atom stereocenters. The smallest absolute Gasteiger partial charge is 0.335 e. The molecule has 28 heavy (non-hydrogen) atoms. The average molecular weight is 469 g/mol. The molecular weight excluding hydrogens is 448 g/mol. The van der Waals surface area contributed by atoms with E-state index in [9.17, 15) is 18.0 Å². The van der Waals surface area contributed by atoms with Gasteiger partial charge in [-0.2, -0.15) is 0 Å². The topological polar surface area (TPSA) is 113 Å². The summed E-state index contributed by atoms with van der Waals surface area (Å²) in [5.41, 5.74) is 0.398. The summed E-state index contributed by atoms with van der Waals surface area (Å²) in [4.78, 5) is 23.5. The summed E-state index contributed by atoms with van der Waals surface area (Å²) >= 11 is 3.26. The lowest BCUT2D eigenvalue weighted by Gasteiger charge is -2.18. The highest BCUT2D eigenvalue weighted by Crippen LogP contribution is 2.17. The molecule has 0 saturated heterocycles. The Morgan fingerprint density at radius 3 is 2.43 bits per heavy atom. The average Bonchev–Trinajstić information content (AvgIpc) is 2.62. The lowest BCUT2D eigenvalue weighted by molar-refractivity contribution is -0.116. The molecule has 3 N–H and O–H groups in total. The SMILES string of the molecule is CCCC(CC(=O)Nc1cccc(C(=O)O)c1)NS(=O)(=O)c1ccc(Br)cc1. The minimum absolute atomic E-state index is 0.0545. The Hall–Kier alpha value is -2.23. The zero-order chi connectivity index (χ0) is 20.7. The van der Waals surface area contributed by atoms with Gasteiger partial charge < -0.3 is 10.4 Å². The number of halogens is 1. The molecule has 0 aromatic heterocycles. The lowest BCUT2D eigenvalue weighted by atomic mass is 10.1. The van der Waals surface area contributed by atoms with Crippen molar-refractivity contribution in [1.29, 1.82) is 0 Å². The molecular formula is C19H21BrN2O5S. The Balaban J connectivity index is 2.07. The van der Waals surface area contributed by atoms with Gasteiger partial charge in [0.1, 0.15) is 0 Å². The van der Waals surface area contributed by atoms with Crippen molar-refractivity contribution in [1.82, 2.24) is 4.72 Å². The first-order valence-electron chi connectivity index (χ1n) is 8.62. The number of rotatable bonds is 9. The van der Waals surface area contributed by atoms with Crippen LogP contribution in [0.2, 0.25) is 0 Å². The fraction of sp³-hybridized carbons (Fsp3) is 0.263. The summed E-state index contributed by atoms with van der Waals surface area (Å²) in [6, 6.07) is 11.5. The largest absolute Gasteiger partial charge is 0.478 e. The van der Waals surface area contributed by atoms with Gasteiger partial charge in [-0.15, -0.1) is 0 Å². The number of amides is 1. The molecule has 2 aromatic carbocycles. The van der Waals surface area contributed by atoms with Gasteiger partial charge >= 0.3 is 5.97 Å². The number of nitrogens with one attached hydrogen (secondary N) is 2. The number of carboxylic acids is 1. The summed E-state index contributed by atoms with van der Waals surface area (Å²) in [5.74, 6) is -1.50. The van der Waals surface area contributed by atoms with Crippen LogP contribution in [0.5, 0.6) is 0 Å². The maximum absolute atomic E-state index is 12.6. The summed E-state index contributed by atoms with van der Waals surface area (Å²) in [6.45, 7) is 1.90. The molecule has 0 radical (unpaired) electrons. The number of hydrogen-bond donors (Lipinski definition) is 3. The van der Waals surface area contributed by atoms with Crippen LogP contribution in [0.1, 0.15) is 36.5 Å². The number of hydrogen-bond acceptors (Lipinski definition) is 4. The van der Waals surface area contributed by atoms with Crippen molar-refractivity contribution in [3.8, 4) is 0 Å². The zero-order valence-electron chi connectivity index (χ0n) is 15.2. The highest BCUT2D eigenvalue weighted by molar-refractivity contribution is 9.10. The van der Waals surface area contributed by atoms with Crippen LogP contribution in [0, 0.1) is 0 Å². The van der Waals surface area contributed by atoms with E-state index in [2.05, 4.69) is 26.0 Å². The third-order valence-corrected chi connectivity index (χ3v) is 5.97. The molecule has 0 aliphatic rings. The van der Waals surface area contributed by atoms with Crippen molar-refractivity contribution in [3.63, 3.8) is 0 Å². The molecule has 2 rings (SSSR count). The van der Waals surface area contributed by atoms with Gasteiger partial charge in [0.05, 0.1) is 10.5 Å². The van der Waals surface area contributed by atoms with E-state index >= 15 is 0 Å². The maximum Gasteiger partial charge on any atom is 0.335 e. The fourth-order valence-corrected chi connectivity index (χ4v) is 4.15. The summed E-state index contributed by atoms with van der Waals surface area (Å²) < 4.78 is 28.5. The van der Waals surface area contributed by atoms with Crippen molar-refractivity contribution in [2.24, 2.45) is 0 Å². The Morgan fingerprint density at radius 1 is 1.14 bits per heavy atom. The molecule has 2 aromatic rings. The van der Waals surface area contributed by atoms with Gasteiger partial charge in [0, 0.05) is 22.6 Å². The summed E-state index contributed by atoms with van der Waals surface area (Å²) in [5, 5.41) is 11.6. The van der Waals surface area contributed by atoms with E-state index in [1.807, 2.05) is 6.92 Å². The van der Waals surface area contributed by atoms with Gasteiger partial charge in [-0.1, -0.05) is 35.3 Å². The number of carbonyl (C=O) groups excluding carboxylic acids is 1. The molecule has 0 aliphatic heterocycles. The van der Waals surface area contributed by atoms with Crippen LogP contribution < -0.4 is 10.0 Å². The highest BCUT2D eigenvalue weighted by Gasteiger charge is 2.22. The molecule has 150 valence electrons. The fourth-order valence-electron chi connectivity index (χ4n) is 2.62. The number of sulfonamides is 1. The minimum atomic E-state index is -3.76. The van der Waals surface area contributed by atoms with Crippen LogP contribution in [-0.2, 0) is 14.8 Å². The predicted octanol–water partition coefficient (Wildman–Crippen LogP) is 3.62. The standard InChI is InChI=1S/C19H21BrN2O5S/c1-2-4-16(22-28(26,27)17-9-7-14(20)8-10-17)12-18(23)21-15-6-3-5-13(11-15)19(24)25/h3,5-11,16,22H,2,4,12H2,1H3,(H,21,23)(H,24,25). The quantitative estimate of drug-likeness (QED) is 0.519. The molecule has 0 aliphatic carbocycles. The molecule has 0 heterocycles. The lowest BCUT2D eigenvalue weighted by Crippen LogP contribution is -2.37. The normalized spacial score (nSPS) is 12.4. The number of aromatic carboxylic acids is 1. The molecule has 1 unspecified atom stereocenters. The van der Waals surface area contributed by atoms with Crippen molar-refractivity contribution < 1.29 is 23.1 Å². The third kappa shape index (κ3) is 6.43. The van der Waals surface area contributed by atoms with Crippen molar-refractivity contribution >= 4 is 43.5 Å².